The minimum atomic E-state index is -0.664. The number of likely N-dealkylation sites (N-methyl/N-ethyl adjacent to an activating group) is 1. The molecule has 162 valence electrons. The van der Waals surface area contributed by atoms with E-state index in [1.165, 1.54) is 70.6 Å². The van der Waals surface area contributed by atoms with Crippen molar-refractivity contribution >= 4 is 5.97 Å². The normalized spacial score (nSPS) is 12.2. The number of carbonyl (C=O) groups is 1. The molecule has 0 aromatic carbocycles. The highest BCUT2D eigenvalue weighted by atomic mass is 16.4. The van der Waals surface area contributed by atoms with Crippen molar-refractivity contribution in [2.24, 2.45) is 0 Å². The van der Waals surface area contributed by atoms with E-state index in [-0.39, 0.29) is 6.10 Å². The molecule has 0 aliphatic carbocycles. The number of allylic oxidation sites excluding steroid dienone is 2. The number of rotatable bonds is 17. The maximum atomic E-state index is 10.3. The van der Waals surface area contributed by atoms with Crippen LogP contribution >= 0.6 is 0 Å². The molecular weight excluding hydrogens is 338 g/mol. The lowest BCUT2D eigenvalue weighted by Crippen LogP contribution is -2.22. The number of aliphatic hydroxyl groups is 1. The third-order valence-electron chi connectivity index (χ3n) is 4.28. The van der Waals surface area contributed by atoms with E-state index in [1.807, 2.05) is 19.0 Å². The number of nitrogens with zero attached hydrogens (tertiary/aromatic N) is 1. The number of carboxylic acids is 1. The Hall–Kier alpha value is -0.870. The molecule has 0 spiro atoms. The second kappa shape index (κ2) is 23.2. The second-order valence-electron chi connectivity index (χ2n) is 7.84. The molecule has 0 aliphatic heterocycles. The Labute approximate surface area is 169 Å². The van der Waals surface area contributed by atoms with Crippen LogP contribution in [0.2, 0.25) is 0 Å². The highest BCUT2D eigenvalue weighted by molar-refractivity contribution is 5.66. The first-order valence-corrected chi connectivity index (χ1v) is 11.1. The number of unbranched alkanes of at least 4 members (excludes halogenated alkanes) is 11. The summed E-state index contributed by atoms with van der Waals surface area (Å²) < 4.78 is 0. The molecule has 0 saturated heterocycles. The third-order valence-corrected chi connectivity index (χ3v) is 4.28. The molecule has 4 nitrogen and oxygen atoms in total. The number of carboxylic acid groups (broad SMARTS) is 1. The molecule has 27 heavy (non-hydrogen) atoms. The van der Waals surface area contributed by atoms with Crippen LogP contribution < -0.4 is 0 Å². The maximum absolute atomic E-state index is 10.3. The maximum Gasteiger partial charge on any atom is 0.303 e. The van der Waals surface area contributed by atoms with Crippen molar-refractivity contribution in [1.82, 2.24) is 4.90 Å². The minimum Gasteiger partial charge on any atom is -0.481 e. The molecular formula is C23H47NO3. The fourth-order valence-corrected chi connectivity index (χ4v) is 2.88. The Morgan fingerprint density at radius 2 is 1.30 bits per heavy atom. The monoisotopic (exact) mass is 385 g/mol. The topological polar surface area (TPSA) is 60.8 Å². The van der Waals surface area contributed by atoms with Gasteiger partial charge in [0.1, 0.15) is 0 Å². The van der Waals surface area contributed by atoms with Crippen LogP contribution in [0.25, 0.3) is 0 Å². The van der Waals surface area contributed by atoms with Crippen LogP contribution in [0.5, 0.6) is 0 Å². The van der Waals surface area contributed by atoms with E-state index in [2.05, 4.69) is 19.1 Å². The van der Waals surface area contributed by atoms with Crippen molar-refractivity contribution < 1.29 is 15.0 Å². The lowest BCUT2D eigenvalue weighted by atomic mass is 10.1. The van der Waals surface area contributed by atoms with Crippen LogP contribution in [0.4, 0.5) is 0 Å². The van der Waals surface area contributed by atoms with Gasteiger partial charge in [-0.05, 0) is 53.1 Å². The zero-order chi connectivity index (χ0) is 20.8. The number of aliphatic hydroxyl groups excluding tert-OH is 1. The van der Waals surface area contributed by atoms with E-state index in [0.717, 1.165) is 19.4 Å². The minimum absolute atomic E-state index is 0.199. The average molecular weight is 386 g/mol. The molecule has 2 N–H and O–H groups in total. The van der Waals surface area contributed by atoms with Gasteiger partial charge in [-0.25, -0.2) is 0 Å². The van der Waals surface area contributed by atoms with Crippen molar-refractivity contribution in [3.63, 3.8) is 0 Å². The van der Waals surface area contributed by atoms with E-state index in [9.17, 15) is 4.79 Å². The molecule has 0 amide bonds. The summed E-state index contributed by atoms with van der Waals surface area (Å²) >= 11 is 0. The van der Waals surface area contributed by atoms with Gasteiger partial charge in [-0.1, -0.05) is 70.4 Å². The van der Waals surface area contributed by atoms with Crippen LogP contribution in [0.15, 0.2) is 12.2 Å². The van der Waals surface area contributed by atoms with E-state index in [0.29, 0.717) is 6.42 Å². The highest BCUT2D eigenvalue weighted by Gasteiger charge is 1.96. The second-order valence-corrected chi connectivity index (χ2v) is 7.84. The van der Waals surface area contributed by atoms with Crippen molar-refractivity contribution in [3.05, 3.63) is 12.2 Å². The first-order valence-electron chi connectivity index (χ1n) is 11.1. The van der Waals surface area contributed by atoms with Gasteiger partial charge in [0.05, 0.1) is 6.10 Å². The first-order chi connectivity index (χ1) is 12.9. The summed E-state index contributed by atoms with van der Waals surface area (Å²) in [5.74, 6) is -0.664. The van der Waals surface area contributed by atoms with Crippen molar-refractivity contribution in [2.75, 3.05) is 20.6 Å². The summed E-state index contributed by atoms with van der Waals surface area (Å²) in [5, 5.41) is 17.2. The quantitative estimate of drug-likeness (QED) is 0.237. The predicted octanol–water partition coefficient (Wildman–Crippen LogP) is 6.04. The van der Waals surface area contributed by atoms with E-state index >= 15 is 0 Å². The first kappa shape index (κ1) is 28.3. The van der Waals surface area contributed by atoms with Gasteiger partial charge in [0, 0.05) is 13.0 Å². The standard InChI is InChI=1S/C18H34O2.C5H13NO/c1-2-3-4-5-6-7-8-9-10-11-12-13-14-15-16-17-18(19)20;1-5(7)4-6(2)3/h9-10H,2-8,11-17H2,1H3,(H,19,20);5,7H,4H2,1-3H3/b10-9-;. The molecule has 0 radical (unpaired) electrons. The third kappa shape index (κ3) is 33.2. The Balaban J connectivity index is 0. The molecule has 4 heteroatoms. The van der Waals surface area contributed by atoms with Crippen LogP contribution in [-0.2, 0) is 4.79 Å². The summed E-state index contributed by atoms with van der Waals surface area (Å²) in [6.07, 6.45) is 21.0. The van der Waals surface area contributed by atoms with Crippen molar-refractivity contribution in [3.8, 4) is 0 Å². The molecule has 0 heterocycles. The van der Waals surface area contributed by atoms with Gasteiger partial charge < -0.3 is 15.1 Å². The Bertz CT molecular complexity index is 322. The summed E-state index contributed by atoms with van der Waals surface area (Å²) in [6, 6.07) is 0. The fourth-order valence-electron chi connectivity index (χ4n) is 2.88. The summed E-state index contributed by atoms with van der Waals surface area (Å²) in [4.78, 5) is 12.3. The average Bonchev–Trinajstić information content (AvgIpc) is 2.57. The molecule has 0 aromatic rings. The molecule has 0 bridgehead atoms. The molecule has 1 atom stereocenters. The Morgan fingerprint density at radius 1 is 0.852 bits per heavy atom. The smallest absolute Gasteiger partial charge is 0.303 e. The Morgan fingerprint density at radius 3 is 1.67 bits per heavy atom. The number of aliphatic carboxylic acids is 1. The zero-order valence-corrected chi connectivity index (χ0v) is 18.6. The molecule has 0 fully saturated rings. The van der Waals surface area contributed by atoms with Gasteiger partial charge in [0.25, 0.3) is 0 Å². The van der Waals surface area contributed by atoms with Crippen LogP contribution in [0.1, 0.15) is 104 Å². The summed E-state index contributed by atoms with van der Waals surface area (Å²) in [7, 11) is 3.87. The van der Waals surface area contributed by atoms with Crippen LogP contribution in [0.3, 0.4) is 0 Å². The lowest BCUT2D eigenvalue weighted by molar-refractivity contribution is -0.137. The number of hydrogen-bond acceptors (Lipinski definition) is 3. The van der Waals surface area contributed by atoms with E-state index < -0.39 is 5.97 Å². The van der Waals surface area contributed by atoms with Gasteiger partial charge >= 0.3 is 5.97 Å². The van der Waals surface area contributed by atoms with Gasteiger partial charge in [-0.15, -0.1) is 0 Å². The van der Waals surface area contributed by atoms with Crippen molar-refractivity contribution in [1.29, 1.82) is 0 Å². The SMILES string of the molecule is CC(O)CN(C)C.CCCCCCCC/C=C\CCCCCCCC(=O)O. The van der Waals surface area contributed by atoms with E-state index in [4.69, 9.17) is 10.2 Å². The van der Waals surface area contributed by atoms with Crippen LogP contribution in [0, 0.1) is 0 Å². The summed E-state index contributed by atoms with van der Waals surface area (Å²) in [5.41, 5.74) is 0. The predicted molar refractivity (Wildman–Crippen MR) is 117 cm³/mol. The van der Waals surface area contributed by atoms with Gasteiger partial charge in [-0.2, -0.15) is 0 Å². The molecule has 0 rings (SSSR count). The van der Waals surface area contributed by atoms with Crippen LogP contribution in [-0.4, -0.2) is 47.8 Å². The zero-order valence-electron chi connectivity index (χ0n) is 18.6. The lowest BCUT2D eigenvalue weighted by Gasteiger charge is -2.10. The fraction of sp³-hybridized carbons (Fsp3) is 0.870. The highest BCUT2D eigenvalue weighted by Crippen LogP contribution is 2.09. The van der Waals surface area contributed by atoms with Gasteiger partial charge in [-0.3, -0.25) is 4.79 Å². The Kier molecular flexibility index (Phi) is 24.3. The summed E-state index contributed by atoms with van der Waals surface area (Å²) in [6.45, 7) is 4.79. The van der Waals surface area contributed by atoms with Gasteiger partial charge in [0.15, 0.2) is 0 Å². The number of hydrogen-bond donors (Lipinski definition) is 2. The van der Waals surface area contributed by atoms with Gasteiger partial charge in [0.2, 0.25) is 0 Å². The van der Waals surface area contributed by atoms with Crippen molar-refractivity contribution in [2.45, 2.75) is 110 Å². The molecule has 0 saturated carbocycles. The molecule has 1 unspecified atom stereocenters. The van der Waals surface area contributed by atoms with E-state index in [1.54, 1.807) is 6.92 Å². The molecule has 0 aromatic heterocycles. The molecule has 0 aliphatic rings. The largest absolute Gasteiger partial charge is 0.481 e.